The second-order valence-electron chi connectivity index (χ2n) is 8.25. The number of nitrogens with one attached hydrogen (secondary N) is 2. The number of para-hydroxylation sites is 1. The number of carbonyl (C=O) groups is 2. The Labute approximate surface area is 203 Å². The van der Waals surface area contributed by atoms with Crippen LogP contribution < -0.4 is 15.5 Å². The fourth-order valence-electron chi connectivity index (χ4n) is 4.43. The number of thioether (sulfide) groups is 1. The van der Waals surface area contributed by atoms with Gasteiger partial charge in [-0.15, -0.1) is 0 Å². The van der Waals surface area contributed by atoms with Crippen LogP contribution in [-0.4, -0.2) is 27.7 Å². The molecule has 0 unspecified atom stereocenters. The first-order valence-corrected chi connectivity index (χ1v) is 12.1. The molecular weight excluding hydrogens is 481 g/mol. The van der Waals surface area contributed by atoms with E-state index < -0.39 is 0 Å². The van der Waals surface area contributed by atoms with Gasteiger partial charge in [0.15, 0.2) is 0 Å². The fraction of sp³-hybridized carbons (Fsp3) is 0.217. The molecule has 7 nitrogen and oxygen atoms in total. The average molecular weight is 498 g/mol. The van der Waals surface area contributed by atoms with Crippen molar-refractivity contribution < 1.29 is 9.59 Å². The number of anilines is 3. The smallest absolute Gasteiger partial charge is 0.263 e. The van der Waals surface area contributed by atoms with Gasteiger partial charge in [0.2, 0.25) is 11.9 Å². The number of hydrogen-bond donors (Lipinski definition) is 2. The van der Waals surface area contributed by atoms with E-state index in [4.69, 9.17) is 23.2 Å². The number of nitrogens with zero attached hydrogens (tertiary/aromatic N) is 3. The number of hydrogen-bond acceptors (Lipinski definition) is 6. The van der Waals surface area contributed by atoms with Gasteiger partial charge in [0.05, 0.1) is 32.6 Å². The Morgan fingerprint density at radius 2 is 1.91 bits per heavy atom. The van der Waals surface area contributed by atoms with Gasteiger partial charge in [0.1, 0.15) is 5.03 Å². The van der Waals surface area contributed by atoms with Crippen LogP contribution in [0.25, 0.3) is 0 Å². The maximum Gasteiger partial charge on any atom is 0.263 e. The lowest BCUT2D eigenvalue weighted by atomic mass is 9.87. The van der Waals surface area contributed by atoms with Crippen molar-refractivity contribution in [1.29, 1.82) is 0 Å². The highest BCUT2D eigenvalue weighted by Gasteiger charge is 2.53. The van der Waals surface area contributed by atoms with E-state index in [1.807, 2.05) is 18.2 Å². The van der Waals surface area contributed by atoms with Crippen LogP contribution in [0.1, 0.15) is 34.3 Å². The Morgan fingerprint density at radius 1 is 1.12 bits per heavy atom. The molecule has 2 aromatic carbocycles. The van der Waals surface area contributed by atoms with Gasteiger partial charge < -0.3 is 10.6 Å². The van der Waals surface area contributed by atoms with Crippen LogP contribution in [0.15, 0.2) is 47.6 Å². The van der Waals surface area contributed by atoms with Crippen LogP contribution in [0, 0.1) is 0 Å². The van der Waals surface area contributed by atoms with Crippen LogP contribution in [-0.2, 0) is 16.8 Å². The average Bonchev–Trinajstić information content (AvgIpc) is 3.60. The van der Waals surface area contributed by atoms with E-state index in [0.717, 1.165) is 29.7 Å². The number of benzene rings is 2. The van der Waals surface area contributed by atoms with E-state index in [1.54, 1.807) is 23.1 Å². The zero-order valence-electron chi connectivity index (χ0n) is 17.2. The molecule has 0 atom stereocenters. The summed E-state index contributed by atoms with van der Waals surface area (Å²) in [4.78, 5) is 35.8. The molecule has 1 aliphatic carbocycles. The molecule has 2 N–H and O–H groups in total. The van der Waals surface area contributed by atoms with Gasteiger partial charge in [-0.2, -0.15) is 0 Å². The third-order valence-corrected chi connectivity index (χ3v) is 7.85. The van der Waals surface area contributed by atoms with Crippen molar-refractivity contribution in [2.24, 2.45) is 0 Å². The molecule has 3 aliphatic rings. The maximum absolute atomic E-state index is 13.1. The van der Waals surface area contributed by atoms with Crippen molar-refractivity contribution in [3.8, 4) is 0 Å². The zero-order valence-corrected chi connectivity index (χ0v) is 19.5. The molecule has 6 rings (SSSR count). The summed E-state index contributed by atoms with van der Waals surface area (Å²) < 4.78 is 0. The second-order valence-corrected chi connectivity index (χ2v) is 10.00. The molecule has 1 spiro atoms. The molecule has 3 aromatic rings. The highest BCUT2D eigenvalue weighted by atomic mass is 35.5. The minimum absolute atomic E-state index is 0.127. The largest absolute Gasteiger partial charge is 0.351 e. The predicted molar refractivity (Wildman–Crippen MR) is 129 cm³/mol. The van der Waals surface area contributed by atoms with Crippen LogP contribution in [0.4, 0.5) is 17.3 Å². The molecule has 2 amide bonds. The summed E-state index contributed by atoms with van der Waals surface area (Å²) >= 11 is 14.0. The number of fused-ring (bicyclic) bond motifs is 3. The van der Waals surface area contributed by atoms with Gasteiger partial charge in [0.25, 0.3) is 5.91 Å². The first-order chi connectivity index (χ1) is 16.0. The number of carbonyl (C=O) groups excluding carboxylic acids is 2. The molecule has 1 aromatic heterocycles. The monoisotopic (exact) mass is 497 g/mol. The van der Waals surface area contributed by atoms with Crippen LogP contribution in [0.2, 0.25) is 10.0 Å². The normalized spacial score (nSPS) is 17.9. The van der Waals surface area contributed by atoms with Gasteiger partial charge in [-0.3, -0.25) is 14.5 Å². The first kappa shape index (κ1) is 20.8. The van der Waals surface area contributed by atoms with Crippen molar-refractivity contribution >= 4 is 64.1 Å². The van der Waals surface area contributed by atoms with Crippen molar-refractivity contribution in [2.45, 2.75) is 29.8 Å². The fourth-order valence-corrected chi connectivity index (χ4v) is 5.97. The van der Waals surface area contributed by atoms with Gasteiger partial charge in [-0.25, -0.2) is 9.97 Å². The summed E-state index contributed by atoms with van der Waals surface area (Å²) in [5.74, 6) is 0.623. The summed E-state index contributed by atoms with van der Waals surface area (Å²) in [6.45, 7) is 0.515. The minimum atomic E-state index is -0.331. The van der Waals surface area contributed by atoms with Crippen LogP contribution >= 0.6 is 35.0 Å². The lowest BCUT2D eigenvalue weighted by Gasteiger charge is -2.28. The Balaban J connectivity index is 1.25. The van der Waals surface area contributed by atoms with Crippen LogP contribution in [0.5, 0.6) is 0 Å². The molecule has 1 fully saturated rings. The Kier molecular flexibility index (Phi) is 4.79. The van der Waals surface area contributed by atoms with E-state index in [2.05, 4.69) is 20.6 Å². The summed E-state index contributed by atoms with van der Waals surface area (Å²) in [6, 6.07) is 11.1. The van der Waals surface area contributed by atoms with Gasteiger partial charge >= 0.3 is 0 Å². The highest BCUT2D eigenvalue weighted by molar-refractivity contribution is 7.99. The van der Waals surface area contributed by atoms with E-state index in [1.165, 1.54) is 18.0 Å². The number of halogens is 2. The highest BCUT2D eigenvalue weighted by Crippen LogP contribution is 2.51. The van der Waals surface area contributed by atoms with Gasteiger partial charge in [-0.05, 0) is 48.2 Å². The standard InChI is InChI=1S/C23H17Cl2N5O2S/c24-16-2-1-3-17(25)18(16)30-11-33-19-14(20(30)31)10-27-22(29-19)28-13-4-5-15-12(8-13)9-26-21(32)23(15)6-7-23/h1-5,8,10H,6-7,9,11H2,(H,26,32)(H,27,28,29). The Hall–Kier alpha value is -2.81. The molecule has 3 heterocycles. The molecule has 0 radical (unpaired) electrons. The van der Waals surface area contributed by atoms with Crippen molar-refractivity contribution in [1.82, 2.24) is 15.3 Å². The third kappa shape index (κ3) is 3.36. The van der Waals surface area contributed by atoms with Gasteiger partial charge in [0, 0.05) is 18.4 Å². The number of aromatic nitrogens is 2. The summed E-state index contributed by atoms with van der Waals surface area (Å²) in [5.41, 5.74) is 3.60. The van der Waals surface area contributed by atoms with Crippen molar-refractivity contribution in [2.75, 3.05) is 16.1 Å². The molecule has 2 aliphatic heterocycles. The summed E-state index contributed by atoms with van der Waals surface area (Å²) in [5, 5.41) is 7.64. The second kappa shape index (κ2) is 7.62. The molecule has 1 saturated carbocycles. The van der Waals surface area contributed by atoms with E-state index in [-0.39, 0.29) is 17.2 Å². The predicted octanol–water partition coefficient (Wildman–Crippen LogP) is 4.90. The lowest BCUT2D eigenvalue weighted by molar-refractivity contribution is -0.124. The third-order valence-electron chi connectivity index (χ3n) is 6.27. The molecule has 33 heavy (non-hydrogen) atoms. The van der Waals surface area contributed by atoms with Crippen molar-refractivity contribution in [3.05, 3.63) is 69.3 Å². The maximum atomic E-state index is 13.1. The SMILES string of the molecule is O=C1c2cnc(Nc3ccc4c(c3)CNC(=O)C43CC3)nc2SCN1c1c(Cl)cccc1Cl. The number of rotatable bonds is 3. The quantitative estimate of drug-likeness (QED) is 0.500. The molecule has 10 heteroatoms. The summed E-state index contributed by atoms with van der Waals surface area (Å²) in [6.07, 6.45) is 3.32. The topological polar surface area (TPSA) is 87.2 Å². The number of amides is 2. The zero-order chi connectivity index (χ0) is 22.7. The molecule has 166 valence electrons. The molecular formula is C23H17Cl2N5O2S. The Bertz CT molecular complexity index is 1320. The van der Waals surface area contributed by atoms with E-state index in [9.17, 15) is 9.59 Å². The summed E-state index contributed by atoms with van der Waals surface area (Å²) in [7, 11) is 0. The molecule has 0 bridgehead atoms. The van der Waals surface area contributed by atoms with E-state index >= 15 is 0 Å². The minimum Gasteiger partial charge on any atom is -0.351 e. The lowest BCUT2D eigenvalue weighted by Crippen LogP contribution is -2.39. The molecule has 0 saturated heterocycles. The van der Waals surface area contributed by atoms with Crippen LogP contribution in [0.3, 0.4) is 0 Å². The van der Waals surface area contributed by atoms with Gasteiger partial charge in [-0.1, -0.05) is 47.1 Å². The van der Waals surface area contributed by atoms with Crippen molar-refractivity contribution in [3.63, 3.8) is 0 Å². The van der Waals surface area contributed by atoms with E-state index in [0.29, 0.717) is 44.7 Å². The Morgan fingerprint density at radius 3 is 2.67 bits per heavy atom. The first-order valence-electron chi connectivity index (χ1n) is 10.4.